The monoisotopic (exact) mass is 293 g/mol. The van der Waals surface area contributed by atoms with Crippen LogP contribution in [0.3, 0.4) is 0 Å². The molecule has 2 N–H and O–H groups in total. The summed E-state index contributed by atoms with van der Waals surface area (Å²) in [5.41, 5.74) is 7.13. The quantitative estimate of drug-likeness (QED) is 0.876. The van der Waals surface area contributed by atoms with Crippen LogP contribution in [0.25, 0.3) is 11.4 Å². The Morgan fingerprint density at radius 1 is 1.35 bits per heavy atom. The van der Waals surface area contributed by atoms with Crippen LogP contribution in [-0.2, 0) is 11.3 Å². The van der Waals surface area contributed by atoms with E-state index in [1.807, 2.05) is 12.1 Å². The van der Waals surface area contributed by atoms with Gasteiger partial charge >= 0.3 is 0 Å². The molecule has 0 amide bonds. The number of ether oxygens (including phenoxy) is 1. The summed E-state index contributed by atoms with van der Waals surface area (Å²) in [7, 11) is 0. The second kappa shape index (κ2) is 5.76. The van der Waals surface area contributed by atoms with E-state index in [0.717, 1.165) is 38.2 Å². The van der Waals surface area contributed by atoms with Gasteiger partial charge < -0.3 is 10.5 Å². The van der Waals surface area contributed by atoms with E-state index in [1.54, 1.807) is 10.7 Å². The molecule has 0 atom stereocenters. The molecule has 1 fully saturated rings. The van der Waals surface area contributed by atoms with E-state index in [0.29, 0.717) is 22.5 Å². The summed E-state index contributed by atoms with van der Waals surface area (Å²) < 4.78 is 7.17. The molecule has 0 unspecified atom stereocenters. The van der Waals surface area contributed by atoms with Crippen LogP contribution in [0.4, 0.5) is 5.69 Å². The number of nitrogen functional groups attached to an aromatic ring is 1. The molecule has 1 aliphatic rings. The van der Waals surface area contributed by atoms with Gasteiger partial charge in [0.15, 0.2) is 5.82 Å². The van der Waals surface area contributed by atoms with Gasteiger partial charge in [-0.3, -0.25) is 0 Å². The average molecular weight is 294 g/mol. The van der Waals surface area contributed by atoms with Crippen LogP contribution in [0.1, 0.15) is 12.8 Å². The average Bonchev–Trinajstić information content (AvgIpc) is 2.91. The van der Waals surface area contributed by atoms with E-state index in [4.69, 9.17) is 22.1 Å². The number of nitrogens with two attached hydrogens (primary N) is 1. The topological polar surface area (TPSA) is 78.9 Å². The van der Waals surface area contributed by atoms with Gasteiger partial charge in [-0.05, 0) is 41.3 Å². The van der Waals surface area contributed by atoms with Gasteiger partial charge in [0.1, 0.15) is 0 Å². The Labute approximate surface area is 121 Å². The molecule has 0 aliphatic carbocycles. The predicted molar refractivity (Wildman–Crippen MR) is 76.2 cm³/mol. The first-order valence-corrected chi connectivity index (χ1v) is 7.02. The van der Waals surface area contributed by atoms with Crippen LogP contribution in [-0.4, -0.2) is 33.4 Å². The SMILES string of the molecule is Nc1cccc(-c2nnnn2CC2CCOCC2)c1Cl. The smallest absolute Gasteiger partial charge is 0.183 e. The minimum Gasteiger partial charge on any atom is -0.398 e. The molecule has 106 valence electrons. The van der Waals surface area contributed by atoms with Gasteiger partial charge in [0.2, 0.25) is 0 Å². The third kappa shape index (κ3) is 2.62. The third-order valence-electron chi connectivity index (χ3n) is 3.57. The van der Waals surface area contributed by atoms with Crippen molar-refractivity contribution in [1.82, 2.24) is 20.2 Å². The molecule has 3 rings (SSSR count). The Bertz CT molecular complexity index is 594. The van der Waals surface area contributed by atoms with Gasteiger partial charge in [-0.1, -0.05) is 17.7 Å². The molecule has 0 spiro atoms. The van der Waals surface area contributed by atoms with E-state index in [2.05, 4.69) is 15.5 Å². The van der Waals surface area contributed by atoms with Gasteiger partial charge in [-0.25, -0.2) is 4.68 Å². The highest BCUT2D eigenvalue weighted by Crippen LogP contribution is 2.31. The minimum atomic E-state index is 0.496. The van der Waals surface area contributed by atoms with Crippen molar-refractivity contribution in [2.45, 2.75) is 19.4 Å². The third-order valence-corrected chi connectivity index (χ3v) is 4.00. The second-order valence-electron chi connectivity index (χ2n) is 4.95. The summed E-state index contributed by atoms with van der Waals surface area (Å²) >= 11 is 6.25. The van der Waals surface area contributed by atoms with Gasteiger partial charge in [-0.15, -0.1) is 5.10 Å². The van der Waals surface area contributed by atoms with E-state index < -0.39 is 0 Å². The van der Waals surface area contributed by atoms with Crippen LogP contribution < -0.4 is 5.73 Å². The molecule has 0 saturated carbocycles. The first-order valence-electron chi connectivity index (χ1n) is 6.64. The molecule has 1 saturated heterocycles. The lowest BCUT2D eigenvalue weighted by atomic mass is 10.0. The zero-order chi connectivity index (χ0) is 13.9. The van der Waals surface area contributed by atoms with Crippen LogP contribution in [0.15, 0.2) is 18.2 Å². The Hall–Kier alpha value is -1.66. The van der Waals surface area contributed by atoms with Crippen molar-refractivity contribution in [2.75, 3.05) is 18.9 Å². The van der Waals surface area contributed by atoms with Gasteiger partial charge in [-0.2, -0.15) is 0 Å². The maximum atomic E-state index is 6.25. The Balaban J connectivity index is 1.87. The van der Waals surface area contributed by atoms with Crippen molar-refractivity contribution >= 4 is 17.3 Å². The molecule has 2 aromatic rings. The second-order valence-corrected chi connectivity index (χ2v) is 5.33. The van der Waals surface area contributed by atoms with Crippen LogP contribution in [0.2, 0.25) is 5.02 Å². The van der Waals surface area contributed by atoms with Crippen molar-refractivity contribution in [3.05, 3.63) is 23.2 Å². The van der Waals surface area contributed by atoms with Gasteiger partial charge in [0.25, 0.3) is 0 Å². The zero-order valence-corrected chi connectivity index (χ0v) is 11.8. The zero-order valence-electron chi connectivity index (χ0n) is 11.0. The molecule has 20 heavy (non-hydrogen) atoms. The lowest BCUT2D eigenvalue weighted by Crippen LogP contribution is -2.21. The van der Waals surface area contributed by atoms with E-state index in [1.165, 1.54) is 0 Å². The number of halogens is 1. The molecule has 6 nitrogen and oxygen atoms in total. The van der Waals surface area contributed by atoms with E-state index in [9.17, 15) is 0 Å². The number of rotatable bonds is 3. The van der Waals surface area contributed by atoms with Crippen LogP contribution in [0, 0.1) is 5.92 Å². The number of aromatic nitrogens is 4. The standard InChI is InChI=1S/C13H16ClN5O/c14-12-10(2-1-3-11(12)15)13-16-17-18-19(13)8-9-4-6-20-7-5-9/h1-3,9H,4-8,15H2. The molecule has 0 radical (unpaired) electrons. The summed E-state index contributed by atoms with van der Waals surface area (Å²) in [5.74, 6) is 1.19. The summed E-state index contributed by atoms with van der Waals surface area (Å²) in [6.45, 7) is 2.39. The van der Waals surface area contributed by atoms with Crippen molar-refractivity contribution in [1.29, 1.82) is 0 Å². The molecule has 1 aromatic carbocycles. The fourth-order valence-corrected chi connectivity index (χ4v) is 2.63. The van der Waals surface area contributed by atoms with Crippen molar-refractivity contribution in [3.8, 4) is 11.4 Å². The highest BCUT2D eigenvalue weighted by Gasteiger charge is 2.19. The van der Waals surface area contributed by atoms with E-state index >= 15 is 0 Å². The molecular weight excluding hydrogens is 278 g/mol. The molecule has 2 heterocycles. The predicted octanol–water partition coefficient (Wildman–Crippen LogP) is 2.00. The molecular formula is C13H16ClN5O. The molecule has 1 aromatic heterocycles. The summed E-state index contributed by atoms with van der Waals surface area (Å²) in [6.07, 6.45) is 2.06. The van der Waals surface area contributed by atoms with Crippen molar-refractivity contribution in [3.63, 3.8) is 0 Å². The maximum absolute atomic E-state index is 6.25. The number of hydrogen-bond acceptors (Lipinski definition) is 5. The lowest BCUT2D eigenvalue weighted by molar-refractivity contribution is 0.0601. The molecule has 0 bridgehead atoms. The summed E-state index contributed by atoms with van der Waals surface area (Å²) in [6, 6.07) is 5.49. The van der Waals surface area contributed by atoms with Crippen molar-refractivity contribution in [2.24, 2.45) is 5.92 Å². The minimum absolute atomic E-state index is 0.496. The van der Waals surface area contributed by atoms with Crippen LogP contribution in [0.5, 0.6) is 0 Å². The number of hydrogen-bond donors (Lipinski definition) is 1. The van der Waals surface area contributed by atoms with Crippen molar-refractivity contribution < 1.29 is 4.74 Å². The highest BCUT2D eigenvalue weighted by atomic mass is 35.5. The lowest BCUT2D eigenvalue weighted by Gasteiger charge is -2.22. The molecule has 1 aliphatic heterocycles. The van der Waals surface area contributed by atoms with Gasteiger partial charge in [0.05, 0.1) is 10.7 Å². The first-order chi connectivity index (χ1) is 9.75. The normalized spacial score (nSPS) is 16.4. The number of anilines is 1. The maximum Gasteiger partial charge on any atom is 0.183 e. The summed E-state index contributed by atoms with van der Waals surface area (Å²) in [4.78, 5) is 0. The number of benzene rings is 1. The Kier molecular flexibility index (Phi) is 3.84. The number of tetrazole rings is 1. The first kappa shape index (κ1) is 13.3. The fourth-order valence-electron chi connectivity index (χ4n) is 2.42. The van der Waals surface area contributed by atoms with Crippen LogP contribution >= 0.6 is 11.6 Å². The Morgan fingerprint density at radius 2 is 2.15 bits per heavy atom. The van der Waals surface area contributed by atoms with Gasteiger partial charge in [0, 0.05) is 25.3 Å². The summed E-state index contributed by atoms with van der Waals surface area (Å²) in [5, 5.41) is 12.4. The molecule has 7 heteroatoms. The van der Waals surface area contributed by atoms with E-state index in [-0.39, 0.29) is 0 Å². The Morgan fingerprint density at radius 3 is 2.95 bits per heavy atom. The number of nitrogens with zero attached hydrogens (tertiary/aromatic N) is 4. The largest absolute Gasteiger partial charge is 0.398 e. The fraction of sp³-hybridized carbons (Fsp3) is 0.462. The highest BCUT2D eigenvalue weighted by molar-refractivity contribution is 6.35.